The van der Waals surface area contributed by atoms with Gasteiger partial charge in [0.15, 0.2) is 4.80 Å². The van der Waals surface area contributed by atoms with Crippen LogP contribution in [0.25, 0.3) is 6.08 Å². The van der Waals surface area contributed by atoms with Crippen LogP contribution in [0.4, 0.5) is 5.69 Å². The summed E-state index contributed by atoms with van der Waals surface area (Å²) in [5, 5.41) is 11.7. The maximum absolute atomic E-state index is 13.4. The molecule has 0 saturated heterocycles. The molecule has 4 rings (SSSR count). The first kappa shape index (κ1) is 20.4. The number of esters is 1. The van der Waals surface area contributed by atoms with Crippen LogP contribution < -0.4 is 14.9 Å². The molecule has 0 amide bonds. The van der Waals surface area contributed by atoms with Crippen LogP contribution in [0, 0.1) is 10.1 Å². The van der Waals surface area contributed by atoms with Crippen LogP contribution in [0.15, 0.2) is 75.7 Å². The lowest BCUT2D eigenvalue weighted by atomic mass is 9.94. The highest BCUT2D eigenvalue weighted by molar-refractivity contribution is 7.07. The summed E-state index contributed by atoms with van der Waals surface area (Å²) in [6.07, 6.45) is 1.73. The van der Waals surface area contributed by atoms with Crippen molar-refractivity contribution in [2.24, 2.45) is 4.99 Å². The van der Waals surface area contributed by atoms with Crippen molar-refractivity contribution >= 4 is 29.1 Å². The Labute approximate surface area is 180 Å². The Kier molecular flexibility index (Phi) is 5.35. The van der Waals surface area contributed by atoms with Gasteiger partial charge in [0.25, 0.3) is 11.2 Å². The van der Waals surface area contributed by atoms with E-state index in [1.54, 1.807) is 25.1 Å². The number of nitro groups is 1. The molecule has 1 unspecified atom stereocenters. The minimum atomic E-state index is -1.02. The second-order valence-corrected chi connectivity index (χ2v) is 7.81. The van der Waals surface area contributed by atoms with Gasteiger partial charge in [-0.15, -0.1) is 0 Å². The molecular formula is C22H17N3O5S. The van der Waals surface area contributed by atoms with E-state index in [9.17, 15) is 19.7 Å². The van der Waals surface area contributed by atoms with Gasteiger partial charge in [-0.3, -0.25) is 19.5 Å². The molecule has 2 aromatic carbocycles. The number of methoxy groups -OCH3 is 1. The molecule has 156 valence electrons. The van der Waals surface area contributed by atoms with Crippen molar-refractivity contribution in [2.75, 3.05) is 7.11 Å². The molecule has 1 aliphatic rings. The van der Waals surface area contributed by atoms with E-state index in [4.69, 9.17) is 4.74 Å². The summed E-state index contributed by atoms with van der Waals surface area (Å²) < 4.78 is 6.67. The van der Waals surface area contributed by atoms with Gasteiger partial charge in [-0.2, -0.15) is 0 Å². The first-order valence-corrected chi connectivity index (χ1v) is 10.1. The Morgan fingerprint density at radius 3 is 2.55 bits per heavy atom. The van der Waals surface area contributed by atoms with Crippen LogP contribution in [0.3, 0.4) is 0 Å². The molecular weight excluding hydrogens is 418 g/mol. The van der Waals surface area contributed by atoms with Gasteiger partial charge < -0.3 is 4.74 Å². The zero-order valence-electron chi connectivity index (χ0n) is 16.6. The molecule has 2 heterocycles. The predicted octanol–water partition coefficient (Wildman–Crippen LogP) is 2.32. The van der Waals surface area contributed by atoms with Gasteiger partial charge in [0.1, 0.15) is 6.04 Å². The average molecular weight is 435 g/mol. The molecule has 3 aromatic rings. The fraction of sp³-hybridized carbons (Fsp3) is 0.136. The zero-order chi connectivity index (χ0) is 22.1. The predicted molar refractivity (Wildman–Crippen MR) is 115 cm³/mol. The minimum absolute atomic E-state index is 0.0930. The number of carbonyl (C=O) groups is 1. The van der Waals surface area contributed by atoms with Crippen molar-refractivity contribution in [2.45, 2.75) is 13.0 Å². The van der Waals surface area contributed by atoms with Crippen molar-refractivity contribution in [1.82, 2.24) is 4.57 Å². The molecule has 0 fully saturated rings. The largest absolute Gasteiger partial charge is 0.466 e. The van der Waals surface area contributed by atoms with Crippen LogP contribution in [0.1, 0.15) is 24.1 Å². The van der Waals surface area contributed by atoms with Crippen molar-refractivity contribution in [1.29, 1.82) is 0 Å². The number of carbonyl (C=O) groups excluding carboxylic acids is 1. The Hall–Kier alpha value is -3.85. The van der Waals surface area contributed by atoms with E-state index in [0.29, 0.717) is 15.0 Å². The van der Waals surface area contributed by atoms with Gasteiger partial charge in [-0.1, -0.05) is 53.8 Å². The highest BCUT2D eigenvalue weighted by Gasteiger charge is 2.36. The Balaban J connectivity index is 2.04. The monoisotopic (exact) mass is 435 g/mol. The van der Waals surface area contributed by atoms with E-state index >= 15 is 0 Å². The lowest BCUT2D eigenvalue weighted by molar-refractivity contribution is -0.385. The number of hydrogen-bond donors (Lipinski definition) is 0. The van der Waals surface area contributed by atoms with Crippen molar-refractivity contribution in [3.8, 4) is 0 Å². The minimum Gasteiger partial charge on any atom is -0.466 e. The van der Waals surface area contributed by atoms with E-state index in [1.165, 1.54) is 35.1 Å². The van der Waals surface area contributed by atoms with Crippen molar-refractivity contribution in [3.63, 3.8) is 0 Å². The molecule has 1 atom stereocenters. The second kappa shape index (κ2) is 8.11. The number of nitro benzene ring substituents is 1. The number of thiazole rings is 1. The fourth-order valence-corrected chi connectivity index (χ4v) is 4.62. The van der Waals surface area contributed by atoms with E-state index < -0.39 is 16.9 Å². The number of para-hydroxylation sites is 1. The maximum Gasteiger partial charge on any atom is 0.338 e. The number of benzene rings is 2. The number of allylic oxidation sites excluding steroid dienone is 1. The average Bonchev–Trinajstić information content (AvgIpc) is 3.07. The van der Waals surface area contributed by atoms with Gasteiger partial charge in [0, 0.05) is 6.07 Å². The number of nitrogens with zero attached hydrogens (tertiary/aromatic N) is 3. The zero-order valence-corrected chi connectivity index (χ0v) is 17.5. The maximum atomic E-state index is 13.4. The number of rotatable bonds is 4. The van der Waals surface area contributed by atoms with Crippen LogP contribution in [-0.2, 0) is 9.53 Å². The smallest absolute Gasteiger partial charge is 0.338 e. The molecule has 31 heavy (non-hydrogen) atoms. The molecule has 1 aliphatic heterocycles. The quantitative estimate of drug-likeness (QED) is 0.355. The first-order chi connectivity index (χ1) is 14.9. The normalized spacial score (nSPS) is 15.9. The standard InChI is InChI=1S/C22H17N3O5S/c1-13-18(21(27)30-2)19(15-10-6-7-11-16(15)25(28)29)24-20(26)17(31-22(24)23-13)12-14-8-4-3-5-9-14/h3-12,19H,1-2H3. The van der Waals surface area contributed by atoms with E-state index in [2.05, 4.69) is 4.99 Å². The van der Waals surface area contributed by atoms with Crippen molar-refractivity contribution in [3.05, 3.63) is 107 Å². The van der Waals surface area contributed by atoms with Crippen LogP contribution in [-0.4, -0.2) is 22.6 Å². The number of ether oxygens (including phenoxy) is 1. The molecule has 0 saturated carbocycles. The molecule has 0 N–H and O–H groups in total. The summed E-state index contributed by atoms with van der Waals surface area (Å²) in [6, 6.07) is 14.4. The summed E-state index contributed by atoms with van der Waals surface area (Å²) in [7, 11) is 1.22. The summed E-state index contributed by atoms with van der Waals surface area (Å²) in [5.41, 5.74) is 0.914. The molecule has 0 radical (unpaired) electrons. The van der Waals surface area contributed by atoms with Gasteiger partial charge in [-0.05, 0) is 24.6 Å². The van der Waals surface area contributed by atoms with Gasteiger partial charge in [0.2, 0.25) is 0 Å². The Bertz CT molecular complexity index is 1400. The number of hydrogen-bond acceptors (Lipinski definition) is 7. The molecule has 0 aliphatic carbocycles. The van der Waals surface area contributed by atoms with Gasteiger partial charge in [-0.25, -0.2) is 9.79 Å². The third-order valence-electron chi connectivity index (χ3n) is 4.95. The van der Waals surface area contributed by atoms with E-state index in [1.807, 2.05) is 30.3 Å². The van der Waals surface area contributed by atoms with E-state index in [0.717, 1.165) is 5.56 Å². The summed E-state index contributed by atoms with van der Waals surface area (Å²) in [6.45, 7) is 1.63. The topological polar surface area (TPSA) is 104 Å². The molecule has 1 aromatic heterocycles. The summed E-state index contributed by atoms with van der Waals surface area (Å²) in [5.74, 6) is -0.693. The van der Waals surface area contributed by atoms with Gasteiger partial charge >= 0.3 is 5.97 Å². The third-order valence-corrected chi connectivity index (χ3v) is 5.94. The van der Waals surface area contributed by atoms with E-state index in [-0.39, 0.29) is 22.4 Å². The Morgan fingerprint density at radius 2 is 1.87 bits per heavy atom. The van der Waals surface area contributed by atoms with Crippen LogP contribution >= 0.6 is 11.3 Å². The van der Waals surface area contributed by atoms with Crippen LogP contribution in [0.2, 0.25) is 0 Å². The molecule has 9 heteroatoms. The molecule has 0 bridgehead atoms. The third kappa shape index (κ3) is 3.59. The fourth-order valence-electron chi connectivity index (χ4n) is 3.57. The van der Waals surface area contributed by atoms with Crippen LogP contribution in [0.5, 0.6) is 0 Å². The molecule has 8 nitrogen and oxygen atoms in total. The first-order valence-electron chi connectivity index (χ1n) is 9.31. The highest BCUT2D eigenvalue weighted by atomic mass is 32.1. The SMILES string of the molecule is COC(=O)C1=C(C)N=c2sc(=Cc3ccccc3)c(=O)n2C1c1ccccc1[N+](=O)[O-]. The lowest BCUT2D eigenvalue weighted by Crippen LogP contribution is -2.40. The number of aromatic nitrogens is 1. The Morgan fingerprint density at radius 1 is 1.19 bits per heavy atom. The second-order valence-electron chi connectivity index (χ2n) is 6.80. The summed E-state index contributed by atoms with van der Waals surface area (Å²) >= 11 is 1.17. The molecule has 0 spiro atoms. The lowest BCUT2D eigenvalue weighted by Gasteiger charge is -2.24. The summed E-state index contributed by atoms with van der Waals surface area (Å²) in [4.78, 5) is 42.0. The van der Waals surface area contributed by atoms with Crippen molar-refractivity contribution < 1.29 is 14.5 Å². The highest BCUT2D eigenvalue weighted by Crippen LogP contribution is 2.35. The number of fused-ring (bicyclic) bond motifs is 1. The van der Waals surface area contributed by atoms with Gasteiger partial charge in [0.05, 0.1) is 33.4 Å².